The molecule has 0 amide bonds. The number of alkyl halides is 1. The van der Waals surface area contributed by atoms with E-state index >= 15 is 0 Å². The van der Waals surface area contributed by atoms with Gasteiger partial charge in [-0.2, -0.15) is 0 Å². The van der Waals surface area contributed by atoms with Crippen LogP contribution in [0.2, 0.25) is 5.15 Å². The van der Waals surface area contributed by atoms with Crippen LogP contribution in [-0.4, -0.2) is 34.8 Å². The van der Waals surface area contributed by atoms with Crippen LogP contribution in [0.15, 0.2) is 6.33 Å². The van der Waals surface area contributed by atoms with Crippen LogP contribution in [0.4, 0.5) is 5.82 Å². The molecule has 1 aliphatic heterocycles. The van der Waals surface area contributed by atoms with E-state index in [1.165, 1.54) is 6.33 Å². The number of morpholine rings is 1. The molecule has 0 aliphatic carbocycles. The molecule has 4 nitrogen and oxygen atoms in total. The SMILES string of the molecule is CC1CN(c2ncnc(Cl)c2CCl)CC(C)(C)O1. The molecule has 0 spiro atoms. The first-order valence-electron chi connectivity index (χ1n) is 5.91. The van der Waals surface area contributed by atoms with Gasteiger partial charge in [-0.25, -0.2) is 9.97 Å². The molecule has 1 unspecified atom stereocenters. The van der Waals surface area contributed by atoms with E-state index in [1.54, 1.807) is 0 Å². The predicted molar refractivity (Wildman–Crippen MR) is 73.4 cm³/mol. The number of ether oxygens (including phenoxy) is 1. The number of halogens is 2. The van der Waals surface area contributed by atoms with Crippen molar-refractivity contribution < 1.29 is 4.74 Å². The van der Waals surface area contributed by atoms with E-state index in [1.807, 2.05) is 0 Å². The summed E-state index contributed by atoms with van der Waals surface area (Å²) < 4.78 is 5.88. The molecule has 1 fully saturated rings. The lowest BCUT2D eigenvalue weighted by molar-refractivity contribution is -0.0752. The predicted octanol–water partition coefficient (Wildman–Crippen LogP) is 2.87. The van der Waals surface area contributed by atoms with Crippen molar-refractivity contribution in [1.29, 1.82) is 0 Å². The molecular weight excluding hydrogens is 273 g/mol. The fourth-order valence-electron chi connectivity index (χ4n) is 2.38. The molecule has 1 aromatic heterocycles. The minimum atomic E-state index is -0.210. The van der Waals surface area contributed by atoms with Gasteiger partial charge in [0.05, 0.1) is 17.6 Å². The normalized spacial score (nSPS) is 23.2. The highest BCUT2D eigenvalue weighted by Gasteiger charge is 2.33. The molecule has 0 aromatic carbocycles. The average molecular weight is 290 g/mol. The molecule has 100 valence electrons. The van der Waals surface area contributed by atoms with Crippen molar-refractivity contribution in [3.63, 3.8) is 0 Å². The Morgan fingerprint density at radius 3 is 2.83 bits per heavy atom. The van der Waals surface area contributed by atoms with Gasteiger partial charge < -0.3 is 9.64 Å². The molecule has 2 heterocycles. The topological polar surface area (TPSA) is 38.2 Å². The van der Waals surface area contributed by atoms with E-state index in [4.69, 9.17) is 27.9 Å². The van der Waals surface area contributed by atoms with Gasteiger partial charge in [-0.05, 0) is 20.8 Å². The molecule has 0 saturated carbocycles. The maximum atomic E-state index is 6.06. The van der Waals surface area contributed by atoms with Gasteiger partial charge >= 0.3 is 0 Å². The van der Waals surface area contributed by atoms with Crippen LogP contribution in [0.1, 0.15) is 26.3 Å². The average Bonchev–Trinajstić information content (AvgIpc) is 2.25. The Morgan fingerprint density at radius 1 is 1.50 bits per heavy atom. The van der Waals surface area contributed by atoms with E-state index in [2.05, 4.69) is 35.6 Å². The maximum absolute atomic E-state index is 6.06. The van der Waals surface area contributed by atoms with Gasteiger partial charge in [-0.15, -0.1) is 11.6 Å². The molecule has 18 heavy (non-hydrogen) atoms. The fourth-order valence-corrected chi connectivity index (χ4v) is 2.89. The second-order valence-electron chi connectivity index (χ2n) is 5.17. The summed E-state index contributed by atoms with van der Waals surface area (Å²) in [6, 6.07) is 0. The largest absolute Gasteiger partial charge is 0.369 e. The van der Waals surface area contributed by atoms with Gasteiger partial charge in [-0.1, -0.05) is 11.6 Å². The molecule has 0 N–H and O–H groups in total. The second-order valence-corrected chi connectivity index (χ2v) is 5.79. The molecule has 1 aliphatic rings. The summed E-state index contributed by atoms with van der Waals surface area (Å²) in [6.07, 6.45) is 1.62. The van der Waals surface area contributed by atoms with Crippen LogP contribution in [-0.2, 0) is 10.6 Å². The van der Waals surface area contributed by atoms with Crippen LogP contribution in [0.3, 0.4) is 0 Å². The molecule has 1 atom stereocenters. The molecule has 0 radical (unpaired) electrons. The first-order chi connectivity index (χ1) is 8.43. The van der Waals surface area contributed by atoms with E-state index in [-0.39, 0.29) is 11.7 Å². The van der Waals surface area contributed by atoms with Crippen molar-refractivity contribution in [3.8, 4) is 0 Å². The molecule has 0 bridgehead atoms. The Balaban J connectivity index is 2.34. The third-order valence-electron chi connectivity index (χ3n) is 2.87. The molecule has 1 aromatic rings. The summed E-state index contributed by atoms with van der Waals surface area (Å²) in [5.41, 5.74) is 0.573. The van der Waals surface area contributed by atoms with E-state index in [0.717, 1.165) is 24.5 Å². The van der Waals surface area contributed by atoms with Gasteiger partial charge in [0.1, 0.15) is 17.3 Å². The van der Waals surface area contributed by atoms with Crippen molar-refractivity contribution >= 4 is 29.0 Å². The van der Waals surface area contributed by atoms with E-state index < -0.39 is 0 Å². The summed E-state index contributed by atoms with van der Waals surface area (Å²) in [7, 11) is 0. The second kappa shape index (κ2) is 5.19. The Labute approximate surface area is 117 Å². The van der Waals surface area contributed by atoms with Crippen molar-refractivity contribution in [2.75, 3.05) is 18.0 Å². The lowest BCUT2D eigenvalue weighted by atomic mass is 10.1. The van der Waals surface area contributed by atoms with Crippen molar-refractivity contribution in [2.24, 2.45) is 0 Å². The Kier molecular flexibility index (Phi) is 3.99. The standard InChI is InChI=1S/C12H17Cl2N3O/c1-8-5-17(6-12(2,3)18-8)11-9(4-13)10(14)15-7-16-11/h7-8H,4-6H2,1-3H3. The number of rotatable bonds is 2. The molecule has 2 rings (SSSR count). The third-order valence-corrected chi connectivity index (χ3v) is 3.47. The summed E-state index contributed by atoms with van der Waals surface area (Å²) in [6.45, 7) is 7.73. The van der Waals surface area contributed by atoms with Crippen LogP contribution in [0.5, 0.6) is 0 Å². The highest BCUT2D eigenvalue weighted by molar-refractivity contribution is 6.31. The minimum Gasteiger partial charge on any atom is -0.369 e. The van der Waals surface area contributed by atoms with Crippen LogP contribution in [0.25, 0.3) is 0 Å². The van der Waals surface area contributed by atoms with Crippen LogP contribution >= 0.6 is 23.2 Å². The van der Waals surface area contributed by atoms with Gasteiger partial charge in [0.15, 0.2) is 0 Å². The lowest BCUT2D eigenvalue weighted by Gasteiger charge is -2.42. The van der Waals surface area contributed by atoms with Crippen molar-refractivity contribution in [2.45, 2.75) is 38.4 Å². The monoisotopic (exact) mass is 289 g/mol. The molecular formula is C12H17Cl2N3O. The van der Waals surface area contributed by atoms with Crippen molar-refractivity contribution in [3.05, 3.63) is 17.0 Å². The van der Waals surface area contributed by atoms with Crippen molar-refractivity contribution in [1.82, 2.24) is 9.97 Å². The summed E-state index contributed by atoms with van der Waals surface area (Å²) in [5, 5.41) is 0.423. The number of anilines is 1. The van der Waals surface area contributed by atoms with E-state index in [0.29, 0.717) is 11.0 Å². The summed E-state index contributed by atoms with van der Waals surface area (Å²) in [4.78, 5) is 10.5. The highest BCUT2D eigenvalue weighted by Crippen LogP contribution is 2.30. The maximum Gasteiger partial charge on any atom is 0.138 e. The zero-order chi connectivity index (χ0) is 13.3. The smallest absolute Gasteiger partial charge is 0.138 e. The fraction of sp³-hybridized carbons (Fsp3) is 0.667. The molecule has 6 heteroatoms. The lowest BCUT2D eigenvalue weighted by Crippen LogP contribution is -2.52. The number of nitrogens with zero attached hydrogens (tertiary/aromatic N) is 3. The molecule has 1 saturated heterocycles. The first-order valence-corrected chi connectivity index (χ1v) is 6.82. The Hall–Kier alpha value is -0.580. The highest BCUT2D eigenvalue weighted by atomic mass is 35.5. The number of aromatic nitrogens is 2. The zero-order valence-corrected chi connectivity index (χ0v) is 12.3. The van der Waals surface area contributed by atoms with Gasteiger partial charge in [0.2, 0.25) is 0 Å². The first kappa shape index (κ1) is 13.8. The summed E-state index contributed by atoms with van der Waals surface area (Å²) in [5.74, 6) is 1.12. The van der Waals surface area contributed by atoms with Gasteiger partial charge in [0, 0.05) is 18.7 Å². The number of hydrogen-bond acceptors (Lipinski definition) is 4. The van der Waals surface area contributed by atoms with E-state index in [9.17, 15) is 0 Å². The summed E-state index contributed by atoms with van der Waals surface area (Å²) >= 11 is 12.0. The van der Waals surface area contributed by atoms with Gasteiger partial charge in [0.25, 0.3) is 0 Å². The Bertz CT molecular complexity index is 439. The quantitative estimate of drug-likeness (QED) is 0.620. The Morgan fingerprint density at radius 2 is 2.22 bits per heavy atom. The van der Waals surface area contributed by atoms with Crippen LogP contribution < -0.4 is 4.90 Å². The van der Waals surface area contributed by atoms with Gasteiger partial charge in [-0.3, -0.25) is 0 Å². The minimum absolute atomic E-state index is 0.144. The van der Waals surface area contributed by atoms with Crippen LogP contribution in [0, 0.1) is 0 Å². The third kappa shape index (κ3) is 2.87. The zero-order valence-electron chi connectivity index (χ0n) is 10.8. The number of hydrogen-bond donors (Lipinski definition) is 0.